The summed E-state index contributed by atoms with van der Waals surface area (Å²) in [7, 11) is 0. The molecule has 0 amide bonds. The molecule has 16 heavy (non-hydrogen) atoms. The van der Waals surface area contributed by atoms with Crippen LogP contribution in [0.4, 0.5) is 18.9 Å². The number of halogens is 3. The molecule has 0 saturated heterocycles. The Kier molecular flexibility index (Phi) is 4.10. The number of rotatable bonds is 3. The van der Waals surface area contributed by atoms with Crippen molar-refractivity contribution in [2.45, 2.75) is 13.1 Å². The summed E-state index contributed by atoms with van der Waals surface area (Å²) in [5, 5.41) is 2.54. The van der Waals surface area contributed by atoms with Crippen LogP contribution < -0.4 is 5.32 Å². The normalized spacial score (nSPS) is 12.5. The summed E-state index contributed by atoms with van der Waals surface area (Å²) >= 11 is 0. The van der Waals surface area contributed by atoms with E-state index in [1.807, 2.05) is 0 Å². The number of benzene rings is 1. The van der Waals surface area contributed by atoms with Crippen molar-refractivity contribution in [3.63, 3.8) is 0 Å². The van der Waals surface area contributed by atoms with Crippen LogP contribution >= 0.6 is 0 Å². The molecule has 0 aliphatic rings. The lowest BCUT2D eigenvalue weighted by molar-refractivity contribution is -0.136. The maximum Gasteiger partial charge on any atom is 0.418 e. The lowest BCUT2D eigenvalue weighted by Gasteiger charge is -2.11. The molecule has 86 valence electrons. The number of hydrogen-bond acceptors (Lipinski definition) is 2. The highest BCUT2D eigenvalue weighted by molar-refractivity contribution is 5.56. The molecule has 0 fully saturated rings. The van der Waals surface area contributed by atoms with Crippen LogP contribution in [0.1, 0.15) is 12.5 Å². The largest absolute Gasteiger partial charge is 0.418 e. The van der Waals surface area contributed by atoms with Crippen LogP contribution in [0.25, 0.3) is 0 Å². The third-order valence-electron chi connectivity index (χ3n) is 1.78. The van der Waals surface area contributed by atoms with Gasteiger partial charge in [0.15, 0.2) is 0 Å². The van der Waals surface area contributed by atoms with Gasteiger partial charge < -0.3 is 5.32 Å². The predicted molar refractivity (Wildman–Crippen MR) is 58.4 cm³/mol. The van der Waals surface area contributed by atoms with Gasteiger partial charge in [-0.1, -0.05) is 12.1 Å². The van der Waals surface area contributed by atoms with E-state index in [-0.39, 0.29) is 5.69 Å². The van der Waals surface area contributed by atoms with Gasteiger partial charge in [0.05, 0.1) is 11.3 Å². The second-order valence-corrected chi connectivity index (χ2v) is 2.91. The Morgan fingerprint density at radius 1 is 1.25 bits per heavy atom. The van der Waals surface area contributed by atoms with E-state index in [2.05, 4.69) is 10.3 Å². The molecule has 5 heteroatoms. The van der Waals surface area contributed by atoms with Gasteiger partial charge in [-0.15, -0.1) is 0 Å². The van der Waals surface area contributed by atoms with E-state index in [0.717, 1.165) is 6.07 Å². The summed E-state index contributed by atoms with van der Waals surface area (Å²) < 4.78 is 37.6. The number of para-hydroxylation sites is 1. The minimum absolute atomic E-state index is 0.0116. The molecule has 0 spiro atoms. The van der Waals surface area contributed by atoms with Gasteiger partial charge in [0, 0.05) is 18.6 Å². The topological polar surface area (TPSA) is 24.4 Å². The first-order valence-corrected chi connectivity index (χ1v) is 4.61. The molecule has 0 saturated carbocycles. The first-order valence-electron chi connectivity index (χ1n) is 4.61. The summed E-state index contributed by atoms with van der Waals surface area (Å²) in [6.45, 7) is 1.72. The quantitative estimate of drug-likeness (QED) is 0.784. The standard InChI is InChI=1S/C11H11F3N2/c1-2-15-7-8-16-10-6-4-3-5-9(10)11(12,13)14/h2-8,16H,1H3/b8-7-,15-2?. The van der Waals surface area contributed by atoms with E-state index < -0.39 is 11.7 Å². The summed E-state index contributed by atoms with van der Waals surface area (Å²) in [4.78, 5) is 3.73. The monoisotopic (exact) mass is 228 g/mol. The number of nitrogens with one attached hydrogen (secondary N) is 1. The lowest BCUT2D eigenvalue weighted by atomic mass is 10.2. The van der Waals surface area contributed by atoms with Crippen molar-refractivity contribution in [2.75, 3.05) is 5.32 Å². The number of anilines is 1. The van der Waals surface area contributed by atoms with Gasteiger partial charge >= 0.3 is 6.18 Å². The van der Waals surface area contributed by atoms with E-state index in [1.54, 1.807) is 6.92 Å². The van der Waals surface area contributed by atoms with Gasteiger partial charge in [-0.3, -0.25) is 4.99 Å². The van der Waals surface area contributed by atoms with Gasteiger partial charge in [0.1, 0.15) is 0 Å². The van der Waals surface area contributed by atoms with Gasteiger partial charge in [0.25, 0.3) is 0 Å². The van der Waals surface area contributed by atoms with E-state index in [1.165, 1.54) is 36.8 Å². The maximum absolute atomic E-state index is 12.5. The first kappa shape index (κ1) is 12.3. The fourth-order valence-corrected chi connectivity index (χ4v) is 1.11. The van der Waals surface area contributed by atoms with Crippen LogP contribution in [0.2, 0.25) is 0 Å². The van der Waals surface area contributed by atoms with Gasteiger partial charge in [0.2, 0.25) is 0 Å². The van der Waals surface area contributed by atoms with E-state index in [4.69, 9.17) is 0 Å². The third-order valence-corrected chi connectivity index (χ3v) is 1.78. The van der Waals surface area contributed by atoms with Crippen molar-refractivity contribution in [1.29, 1.82) is 0 Å². The predicted octanol–water partition coefficient (Wildman–Crippen LogP) is 3.68. The lowest BCUT2D eigenvalue weighted by Crippen LogP contribution is -2.08. The number of aliphatic imine (C=N–C) groups is 1. The smallest absolute Gasteiger partial charge is 0.360 e. The van der Waals surface area contributed by atoms with E-state index in [0.29, 0.717) is 0 Å². The zero-order valence-corrected chi connectivity index (χ0v) is 8.62. The molecule has 0 atom stereocenters. The Balaban J connectivity index is 2.88. The first-order chi connectivity index (χ1) is 7.55. The average molecular weight is 228 g/mol. The van der Waals surface area contributed by atoms with Crippen molar-refractivity contribution in [2.24, 2.45) is 4.99 Å². The van der Waals surface area contributed by atoms with E-state index in [9.17, 15) is 13.2 Å². The summed E-state index contributed by atoms with van der Waals surface area (Å²) in [5.74, 6) is 0. The highest BCUT2D eigenvalue weighted by Crippen LogP contribution is 2.34. The highest BCUT2D eigenvalue weighted by Gasteiger charge is 2.32. The zero-order valence-electron chi connectivity index (χ0n) is 8.62. The molecule has 1 N–H and O–H groups in total. The van der Waals surface area contributed by atoms with E-state index >= 15 is 0 Å². The van der Waals surface area contributed by atoms with Crippen LogP contribution in [-0.2, 0) is 6.18 Å². The minimum atomic E-state index is -4.36. The molecule has 0 radical (unpaired) electrons. The van der Waals surface area contributed by atoms with Gasteiger partial charge in [-0.2, -0.15) is 13.2 Å². The van der Waals surface area contributed by atoms with Crippen LogP contribution in [0.15, 0.2) is 41.7 Å². The minimum Gasteiger partial charge on any atom is -0.360 e. The Labute approximate surface area is 91.5 Å². The van der Waals surface area contributed by atoms with Crippen LogP contribution in [0.5, 0.6) is 0 Å². The summed E-state index contributed by atoms with van der Waals surface area (Å²) in [6, 6.07) is 5.28. The highest BCUT2D eigenvalue weighted by atomic mass is 19.4. The molecular formula is C11H11F3N2. The van der Waals surface area contributed by atoms with Crippen LogP contribution in [-0.4, -0.2) is 6.21 Å². The van der Waals surface area contributed by atoms with Gasteiger partial charge in [-0.25, -0.2) is 0 Å². The molecule has 1 aromatic rings. The molecule has 1 aromatic carbocycles. The average Bonchev–Trinajstić information content (AvgIpc) is 2.24. The van der Waals surface area contributed by atoms with Gasteiger partial charge in [-0.05, 0) is 19.1 Å². The molecule has 0 bridgehead atoms. The Hall–Kier alpha value is -1.78. The summed E-state index contributed by atoms with van der Waals surface area (Å²) in [5.41, 5.74) is -0.683. The molecule has 0 aliphatic carbocycles. The van der Waals surface area contributed by atoms with Crippen molar-refractivity contribution in [3.05, 3.63) is 42.2 Å². The molecule has 0 unspecified atom stereocenters. The van der Waals surface area contributed by atoms with Crippen molar-refractivity contribution in [1.82, 2.24) is 0 Å². The second kappa shape index (κ2) is 5.34. The Morgan fingerprint density at radius 3 is 2.56 bits per heavy atom. The molecule has 1 rings (SSSR count). The zero-order chi connectivity index (χ0) is 12.0. The van der Waals surface area contributed by atoms with Crippen molar-refractivity contribution in [3.8, 4) is 0 Å². The summed E-state index contributed by atoms with van der Waals surface area (Å²) in [6.07, 6.45) is -0.0863. The molecular weight excluding hydrogens is 217 g/mol. The Bertz CT molecular complexity index is 394. The van der Waals surface area contributed by atoms with Crippen molar-refractivity contribution < 1.29 is 13.2 Å². The molecule has 0 heterocycles. The maximum atomic E-state index is 12.5. The number of hydrogen-bond donors (Lipinski definition) is 1. The second-order valence-electron chi connectivity index (χ2n) is 2.91. The van der Waals surface area contributed by atoms with Crippen molar-refractivity contribution >= 4 is 11.9 Å². The Morgan fingerprint density at radius 2 is 1.94 bits per heavy atom. The van der Waals surface area contributed by atoms with Crippen LogP contribution in [0, 0.1) is 0 Å². The molecule has 2 nitrogen and oxygen atoms in total. The fraction of sp³-hybridized carbons (Fsp3) is 0.182. The SMILES string of the molecule is CC=N/C=C\Nc1ccccc1C(F)(F)F. The number of alkyl halides is 3. The van der Waals surface area contributed by atoms with Crippen LogP contribution in [0.3, 0.4) is 0 Å². The third kappa shape index (κ3) is 3.42. The fourth-order valence-electron chi connectivity index (χ4n) is 1.11. The molecule has 0 aliphatic heterocycles. The molecule has 0 aromatic heterocycles. The number of nitrogens with zero attached hydrogens (tertiary/aromatic N) is 1.